The van der Waals surface area contributed by atoms with E-state index < -0.39 is 32.0 Å². The van der Waals surface area contributed by atoms with Crippen molar-refractivity contribution in [2.75, 3.05) is 25.6 Å². The van der Waals surface area contributed by atoms with Crippen LogP contribution in [-0.2, 0) is 32.0 Å². The zero-order valence-electron chi connectivity index (χ0n) is 23.0. The van der Waals surface area contributed by atoms with Crippen LogP contribution in [0.15, 0.2) is 30.1 Å². The number of nitrogens with zero attached hydrogens (tertiary/aromatic N) is 9. The Morgan fingerprint density at radius 3 is 2.56 bits per heavy atom. The highest BCUT2D eigenvalue weighted by Gasteiger charge is 2.47. The molecular formula is C22H25N11O8P2S2. The fourth-order valence-corrected chi connectivity index (χ4v) is 8.85. The Bertz CT molecular complexity index is 2100. The zero-order valence-corrected chi connectivity index (χ0v) is 26.5. The Kier molecular flexibility index (Phi) is 7.12. The molecule has 2 saturated heterocycles. The fraction of sp³-hybridized carbons (Fsp3) is 0.500. The van der Waals surface area contributed by atoms with Crippen molar-refractivity contribution in [3.63, 3.8) is 0 Å². The second-order valence-corrected chi connectivity index (χ2v) is 16.7. The van der Waals surface area contributed by atoms with E-state index in [4.69, 9.17) is 28.6 Å². The monoisotopic (exact) mass is 697 g/mol. The number of ether oxygens (including phenoxy) is 1. The van der Waals surface area contributed by atoms with Crippen molar-refractivity contribution in [3.05, 3.63) is 35.7 Å². The van der Waals surface area contributed by atoms with Gasteiger partial charge in [0.15, 0.2) is 17.0 Å². The van der Waals surface area contributed by atoms with Gasteiger partial charge in [0.2, 0.25) is 5.78 Å². The number of H-pyrrole nitrogens is 1. The molecule has 8 rings (SSSR count). The van der Waals surface area contributed by atoms with Crippen LogP contribution < -0.4 is 11.3 Å². The number of aromatic amines is 1. The average Bonchev–Trinajstić information content (AvgIpc) is 3.77. The Labute approximate surface area is 262 Å². The summed E-state index contributed by atoms with van der Waals surface area (Å²) in [5.41, 5.74) is 7.03. The summed E-state index contributed by atoms with van der Waals surface area (Å²) < 4.78 is 60.7. The van der Waals surface area contributed by atoms with Gasteiger partial charge in [-0.3, -0.25) is 18.4 Å². The lowest BCUT2D eigenvalue weighted by molar-refractivity contribution is -0.0365. The van der Waals surface area contributed by atoms with E-state index in [1.54, 1.807) is 15.5 Å². The van der Waals surface area contributed by atoms with Gasteiger partial charge in [0.1, 0.15) is 42.3 Å². The Morgan fingerprint density at radius 2 is 1.69 bits per heavy atom. The highest BCUT2D eigenvalue weighted by molar-refractivity contribution is 8.44. The molecule has 238 valence electrons. The number of rotatable bonds is 2. The molecule has 1 unspecified atom stereocenters. The van der Waals surface area contributed by atoms with Crippen LogP contribution in [-0.4, -0.2) is 80.7 Å². The van der Waals surface area contributed by atoms with Crippen molar-refractivity contribution < 1.29 is 32.0 Å². The summed E-state index contributed by atoms with van der Waals surface area (Å²) in [6, 6.07) is -0.255. The number of aromatic nitrogens is 10. The van der Waals surface area contributed by atoms with Crippen LogP contribution in [0.3, 0.4) is 0 Å². The highest BCUT2D eigenvalue weighted by Crippen LogP contribution is 2.60. The van der Waals surface area contributed by atoms with Gasteiger partial charge in [-0.05, 0) is 12.3 Å². The summed E-state index contributed by atoms with van der Waals surface area (Å²) in [6.07, 6.45) is 4.02. The lowest BCUT2D eigenvalue weighted by Gasteiger charge is -2.45. The summed E-state index contributed by atoms with van der Waals surface area (Å²) in [7, 11) is 0. The van der Waals surface area contributed by atoms with E-state index >= 15 is 0 Å². The van der Waals surface area contributed by atoms with Gasteiger partial charge >= 0.3 is 13.6 Å². The molecule has 7 heterocycles. The number of fused-ring (bicyclic) bond motifs is 5. The molecule has 45 heavy (non-hydrogen) atoms. The fourth-order valence-electron chi connectivity index (χ4n) is 6.11. The van der Waals surface area contributed by atoms with Crippen molar-refractivity contribution in [3.8, 4) is 0 Å². The standard InChI is InChI=1S/C22H25N11O8P2S2/c23-18-16-19(25-6-24-18)32(8-26-16)15-2-13-14(40-15)5-39-42(35,44)38-4-11-10(3-37-43(36,45)41-13)1-12(11)31-7-27-17-20(31)29-22-30-28-9-33(22)21(17)34/h6-15H,1-5H2,(H,29,30)(H,35,44)(H,36,45)(H2,23,24,25)/t10-,11-,12-,13+,14-,15-,42?,43-/m1/s1. The number of nitrogen functional groups attached to an aromatic ring is 1. The molecule has 19 nitrogen and oxygen atoms in total. The first-order valence-corrected chi connectivity index (χ1v) is 19.1. The molecule has 5 aromatic heterocycles. The molecule has 3 aliphatic rings. The first-order chi connectivity index (χ1) is 21.6. The van der Waals surface area contributed by atoms with Crippen molar-refractivity contribution >= 4 is 72.0 Å². The van der Waals surface area contributed by atoms with E-state index in [0.717, 1.165) is 0 Å². The molecule has 8 atom stereocenters. The van der Waals surface area contributed by atoms with E-state index in [2.05, 4.69) is 59.6 Å². The van der Waals surface area contributed by atoms with Crippen LogP contribution in [0, 0.1) is 11.8 Å². The van der Waals surface area contributed by atoms with Gasteiger partial charge in [0.25, 0.3) is 5.56 Å². The molecule has 0 aromatic carbocycles. The third-order valence-electron chi connectivity index (χ3n) is 8.42. The topological polar surface area (TPSA) is 231 Å². The maximum absolute atomic E-state index is 13.5. The van der Waals surface area contributed by atoms with E-state index in [1.165, 1.54) is 23.4 Å². The molecule has 0 bridgehead atoms. The molecule has 3 fully saturated rings. The summed E-state index contributed by atoms with van der Waals surface area (Å²) in [4.78, 5) is 32.7. The predicted molar refractivity (Wildman–Crippen MR) is 162 cm³/mol. The molecule has 23 heteroatoms. The largest absolute Gasteiger partial charge is 0.386 e. The van der Waals surface area contributed by atoms with Crippen LogP contribution >= 0.6 is 38.1 Å². The van der Waals surface area contributed by atoms with Gasteiger partial charge < -0.3 is 29.1 Å². The number of nitrogens with two attached hydrogens (primary N) is 1. The lowest BCUT2D eigenvalue weighted by atomic mass is 9.70. The average molecular weight is 698 g/mol. The first-order valence-electron chi connectivity index (χ1n) is 13.7. The van der Waals surface area contributed by atoms with Gasteiger partial charge in [-0.15, -0.1) is 10.2 Å². The van der Waals surface area contributed by atoms with E-state index in [9.17, 15) is 13.9 Å². The van der Waals surface area contributed by atoms with Crippen molar-refractivity contribution in [1.29, 1.82) is 0 Å². The van der Waals surface area contributed by atoms with Crippen LogP contribution in [0.1, 0.15) is 25.1 Å². The number of anilines is 1. The maximum Gasteiger partial charge on any atom is 0.386 e. The van der Waals surface area contributed by atoms with Crippen LogP contribution in [0.2, 0.25) is 0 Å². The Morgan fingerprint density at radius 1 is 0.911 bits per heavy atom. The quantitative estimate of drug-likeness (QED) is 0.153. The second-order valence-electron chi connectivity index (χ2n) is 10.9. The third kappa shape index (κ3) is 5.19. The van der Waals surface area contributed by atoms with Gasteiger partial charge in [0, 0.05) is 18.4 Å². The van der Waals surface area contributed by atoms with Gasteiger partial charge in [-0.1, -0.05) is 24.5 Å². The number of thiol groups is 2. The van der Waals surface area contributed by atoms with E-state index in [1.807, 2.05) is 0 Å². The van der Waals surface area contributed by atoms with Crippen LogP contribution in [0.25, 0.3) is 28.1 Å². The van der Waals surface area contributed by atoms with E-state index in [0.29, 0.717) is 23.2 Å². The minimum atomic E-state index is -3.92. The zero-order chi connectivity index (χ0) is 31.1. The van der Waals surface area contributed by atoms with Crippen LogP contribution in [0.5, 0.6) is 0 Å². The summed E-state index contributed by atoms with van der Waals surface area (Å²) in [5, 5.41) is 7.71. The van der Waals surface area contributed by atoms with Crippen molar-refractivity contribution in [1.82, 2.24) is 48.7 Å². The minimum absolute atomic E-state index is 0.00460. The first kappa shape index (κ1) is 29.5. The molecule has 3 N–H and O–H groups in total. The number of hydrogen-bond acceptors (Lipinski definition) is 15. The summed E-state index contributed by atoms with van der Waals surface area (Å²) in [6.45, 7) is -8.13. The highest BCUT2D eigenvalue weighted by atomic mass is 32.7. The SMILES string of the molecule is Nc1ncnc2c1ncn2[C@H]1C[C@@H]2O[P@](=O)(S)OC[C@H]3C[C@@H](n4cnc5c(=O)n6cnnc6[nH]c54)[C@@H]3COP(=O)(S)OC[C@H]2O1. The molecular weight excluding hydrogens is 672 g/mol. The normalized spacial score (nSPS) is 34.5. The predicted octanol–water partition coefficient (Wildman–Crippen LogP) is 2.18. The maximum atomic E-state index is 13.5. The summed E-state index contributed by atoms with van der Waals surface area (Å²) in [5.74, 6) is -0.0593. The third-order valence-corrected chi connectivity index (χ3v) is 11.7. The molecule has 2 aliphatic heterocycles. The Balaban J connectivity index is 1.04. The van der Waals surface area contributed by atoms with Crippen molar-refractivity contribution in [2.24, 2.45) is 11.8 Å². The summed E-state index contributed by atoms with van der Waals surface area (Å²) >= 11 is 8.45. The van der Waals surface area contributed by atoms with Crippen LogP contribution in [0.4, 0.5) is 5.82 Å². The molecule has 1 aliphatic carbocycles. The minimum Gasteiger partial charge on any atom is -0.382 e. The molecule has 0 radical (unpaired) electrons. The lowest BCUT2D eigenvalue weighted by Crippen LogP contribution is -2.43. The second kappa shape index (κ2) is 10.9. The smallest absolute Gasteiger partial charge is 0.382 e. The van der Waals surface area contributed by atoms with Gasteiger partial charge in [0.05, 0.1) is 32.5 Å². The number of hydrogen-bond donors (Lipinski definition) is 4. The number of nitrogens with one attached hydrogen (secondary N) is 1. The Hall–Kier alpha value is -2.87. The van der Waals surface area contributed by atoms with E-state index in [-0.39, 0.29) is 66.8 Å². The molecule has 0 amide bonds. The van der Waals surface area contributed by atoms with Crippen molar-refractivity contribution in [2.45, 2.75) is 37.3 Å². The van der Waals surface area contributed by atoms with Gasteiger partial charge in [-0.2, -0.15) is 0 Å². The number of imidazole rings is 2. The molecule has 5 aromatic rings. The molecule has 1 saturated carbocycles. The molecule has 0 spiro atoms. The van der Waals surface area contributed by atoms with Gasteiger partial charge in [-0.25, -0.2) is 33.5 Å².